The van der Waals surface area contributed by atoms with Gasteiger partial charge in [-0.3, -0.25) is 8.98 Å². The molecule has 0 spiro atoms. The first kappa shape index (κ1) is 14.9. The second kappa shape index (κ2) is 5.67. The predicted molar refractivity (Wildman–Crippen MR) is 69.4 cm³/mol. The Labute approximate surface area is 108 Å². The quantitative estimate of drug-likeness (QED) is 0.554. The topological polar surface area (TPSA) is 72.5 Å². The van der Waals surface area contributed by atoms with E-state index < -0.39 is 15.5 Å². The van der Waals surface area contributed by atoms with Crippen molar-refractivity contribution in [2.24, 2.45) is 5.41 Å². The summed E-state index contributed by atoms with van der Waals surface area (Å²) in [5.74, 6) is -0.0931. The van der Waals surface area contributed by atoms with Crippen LogP contribution in [0.4, 0.5) is 0 Å². The summed E-state index contributed by atoms with van der Waals surface area (Å²) in [5.41, 5.74) is -0.560. The van der Waals surface area contributed by atoms with E-state index >= 15 is 0 Å². The Kier molecular flexibility index (Phi) is 4.70. The first-order valence-corrected chi connectivity index (χ1v) is 7.52. The third-order valence-electron chi connectivity index (χ3n) is 3.01. The smallest absolute Gasteiger partial charge is 0.264 e. The van der Waals surface area contributed by atoms with Crippen LogP contribution in [-0.4, -0.2) is 33.2 Å². The van der Waals surface area contributed by atoms with E-state index in [4.69, 9.17) is 4.18 Å². The van der Waals surface area contributed by atoms with E-state index in [0.717, 1.165) is 6.26 Å². The van der Waals surface area contributed by atoms with Gasteiger partial charge in [-0.1, -0.05) is 12.2 Å². The number of amides is 1. The molecule has 1 heterocycles. The highest BCUT2D eigenvalue weighted by molar-refractivity contribution is 7.85. The zero-order valence-electron chi connectivity index (χ0n) is 10.5. The molecular weight excluding hydrogens is 254 g/mol. The lowest BCUT2D eigenvalue weighted by Gasteiger charge is -2.22. The molecule has 1 amide bonds. The van der Waals surface area contributed by atoms with Crippen molar-refractivity contribution in [2.75, 3.05) is 12.9 Å². The Balaban J connectivity index is 2.71. The maximum atomic E-state index is 12.0. The molecule has 1 saturated heterocycles. The summed E-state index contributed by atoms with van der Waals surface area (Å²) in [6.45, 7) is 7.28. The number of hydrogen-bond donors (Lipinski definition) is 1. The highest BCUT2D eigenvalue weighted by Crippen LogP contribution is 2.38. The van der Waals surface area contributed by atoms with Gasteiger partial charge in [0, 0.05) is 0 Å². The van der Waals surface area contributed by atoms with Gasteiger partial charge in [0.2, 0.25) is 5.91 Å². The Morgan fingerprint density at radius 3 is 2.44 bits per heavy atom. The molecule has 1 N–H and O–H groups in total. The lowest BCUT2D eigenvalue weighted by atomic mass is 9.78. The van der Waals surface area contributed by atoms with Crippen LogP contribution in [0.1, 0.15) is 19.3 Å². The van der Waals surface area contributed by atoms with Crippen LogP contribution in [0.15, 0.2) is 25.3 Å². The van der Waals surface area contributed by atoms with E-state index in [1.165, 1.54) is 0 Å². The number of rotatable bonds is 7. The van der Waals surface area contributed by atoms with Gasteiger partial charge in [-0.15, -0.1) is 13.2 Å². The molecule has 0 aliphatic carbocycles. The Hall–Kier alpha value is -1.14. The average molecular weight is 273 g/mol. The molecule has 5 nitrogen and oxygen atoms in total. The first-order chi connectivity index (χ1) is 8.33. The van der Waals surface area contributed by atoms with E-state index in [-0.39, 0.29) is 18.6 Å². The summed E-state index contributed by atoms with van der Waals surface area (Å²) in [6.07, 6.45) is 6.00. The van der Waals surface area contributed by atoms with E-state index in [0.29, 0.717) is 19.3 Å². The monoisotopic (exact) mass is 273 g/mol. The highest BCUT2D eigenvalue weighted by Gasteiger charge is 2.45. The van der Waals surface area contributed by atoms with Crippen molar-refractivity contribution in [3.8, 4) is 0 Å². The van der Waals surface area contributed by atoms with Crippen LogP contribution in [0.5, 0.6) is 0 Å². The maximum Gasteiger partial charge on any atom is 0.264 e. The zero-order chi connectivity index (χ0) is 13.8. The Bertz CT molecular complexity index is 431. The molecule has 1 unspecified atom stereocenters. The molecule has 6 heteroatoms. The van der Waals surface area contributed by atoms with Gasteiger partial charge in [0.15, 0.2) is 0 Å². The molecule has 1 atom stereocenters. The van der Waals surface area contributed by atoms with Gasteiger partial charge in [-0.25, -0.2) is 0 Å². The predicted octanol–water partition coefficient (Wildman–Crippen LogP) is 0.990. The molecule has 1 aliphatic rings. The van der Waals surface area contributed by atoms with E-state index in [1.807, 2.05) is 0 Å². The first-order valence-electron chi connectivity index (χ1n) is 5.70. The lowest BCUT2D eigenvalue weighted by Crippen LogP contribution is -2.33. The molecule has 0 aromatic carbocycles. The zero-order valence-corrected chi connectivity index (χ0v) is 11.3. The van der Waals surface area contributed by atoms with Crippen molar-refractivity contribution in [1.82, 2.24) is 5.32 Å². The minimum atomic E-state index is -3.48. The summed E-state index contributed by atoms with van der Waals surface area (Å²) in [4.78, 5) is 12.0. The van der Waals surface area contributed by atoms with Crippen molar-refractivity contribution >= 4 is 16.0 Å². The van der Waals surface area contributed by atoms with Crippen LogP contribution in [-0.2, 0) is 19.1 Å². The largest absolute Gasteiger partial charge is 0.350 e. The van der Waals surface area contributed by atoms with Crippen molar-refractivity contribution in [3.05, 3.63) is 25.3 Å². The second-order valence-corrected chi connectivity index (χ2v) is 6.27. The van der Waals surface area contributed by atoms with Crippen LogP contribution < -0.4 is 5.32 Å². The van der Waals surface area contributed by atoms with E-state index in [1.54, 1.807) is 12.2 Å². The van der Waals surface area contributed by atoms with Crippen molar-refractivity contribution < 1.29 is 17.4 Å². The number of hydrogen-bond acceptors (Lipinski definition) is 4. The molecule has 0 aromatic heterocycles. The van der Waals surface area contributed by atoms with Gasteiger partial charge >= 0.3 is 0 Å². The number of carbonyl (C=O) groups is 1. The highest BCUT2D eigenvalue weighted by atomic mass is 32.2. The van der Waals surface area contributed by atoms with Gasteiger partial charge < -0.3 is 5.32 Å². The standard InChI is InChI=1S/C12H19NO4S/c1-4-6-12(7-5-2)8-10(13-11(12)14)9-17-18(3,15)16/h4-5,10H,1-2,6-9H2,3H3,(H,13,14). The van der Waals surface area contributed by atoms with Crippen molar-refractivity contribution in [3.63, 3.8) is 0 Å². The average Bonchev–Trinajstić information content (AvgIpc) is 2.54. The molecule has 102 valence electrons. The van der Waals surface area contributed by atoms with Crippen LogP contribution in [0.25, 0.3) is 0 Å². The molecule has 0 saturated carbocycles. The van der Waals surface area contributed by atoms with Crippen LogP contribution in [0.3, 0.4) is 0 Å². The van der Waals surface area contributed by atoms with E-state index in [2.05, 4.69) is 18.5 Å². The Morgan fingerprint density at radius 2 is 2.00 bits per heavy atom. The van der Waals surface area contributed by atoms with Gasteiger partial charge in [0.1, 0.15) is 0 Å². The molecule has 1 aliphatic heterocycles. The third kappa shape index (κ3) is 3.68. The fraction of sp³-hybridized carbons (Fsp3) is 0.583. The maximum absolute atomic E-state index is 12.0. The summed E-state index contributed by atoms with van der Waals surface area (Å²) in [6, 6.07) is -0.285. The molecular formula is C12H19NO4S. The fourth-order valence-electron chi connectivity index (χ4n) is 2.25. The molecule has 1 rings (SSSR count). The fourth-order valence-corrected chi connectivity index (χ4v) is 2.66. The van der Waals surface area contributed by atoms with Crippen molar-refractivity contribution in [1.29, 1.82) is 0 Å². The molecule has 0 radical (unpaired) electrons. The summed E-state index contributed by atoms with van der Waals surface area (Å²) in [7, 11) is -3.48. The Morgan fingerprint density at radius 1 is 1.44 bits per heavy atom. The minimum absolute atomic E-state index is 0.0272. The summed E-state index contributed by atoms with van der Waals surface area (Å²) < 4.78 is 26.5. The van der Waals surface area contributed by atoms with Gasteiger partial charge in [-0.05, 0) is 19.3 Å². The number of nitrogens with one attached hydrogen (secondary N) is 1. The van der Waals surface area contributed by atoms with Crippen LogP contribution in [0, 0.1) is 5.41 Å². The minimum Gasteiger partial charge on any atom is -0.350 e. The number of allylic oxidation sites excluding steroid dienone is 2. The van der Waals surface area contributed by atoms with Gasteiger partial charge in [0.25, 0.3) is 10.1 Å². The molecule has 18 heavy (non-hydrogen) atoms. The summed E-state index contributed by atoms with van der Waals surface area (Å²) >= 11 is 0. The molecule has 0 bridgehead atoms. The van der Waals surface area contributed by atoms with Crippen molar-refractivity contribution in [2.45, 2.75) is 25.3 Å². The van der Waals surface area contributed by atoms with Crippen LogP contribution in [0.2, 0.25) is 0 Å². The normalized spacial score (nSPS) is 22.5. The van der Waals surface area contributed by atoms with Gasteiger partial charge in [0.05, 0.1) is 24.3 Å². The SMILES string of the molecule is C=CCC1(CC=C)CC(COS(C)(=O)=O)NC1=O. The van der Waals surface area contributed by atoms with Gasteiger partial charge in [-0.2, -0.15) is 8.42 Å². The summed E-state index contributed by atoms with van der Waals surface area (Å²) in [5, 5.41) is 2.76. The molecule has 0 aromatic rings. The number of carbonyl (C=O) groups excluding carboxylic acids is 1. The van der Waals surface area contributed by atoms with E-state index in [9.17, 15) is 13.2 Å². The molecule has 1 fully saturated rings. The second-order valence-electron chi connectivity index (χ2n) is 4.63. The lowest BCUT2D eigenvalue weighted by molar-refractivity contribution is -0.127. The third-order valence-corrected chi connectivity index (χ3v) is 3.57. The van der Waals surface area contributed by atoms with Crippen LogP contribution >= 0.6 is 0 Å².